The molecule has 0 unspecified atom stereocenters. The van der Waals surface area contributed by atoms with Crippen LogP contribution in [0.1, 0.15) is 0 Å². The van der Waals surface area contributed by atoms with E-state index in [0.29, 0.717) is 22.7 Å². The van der Waals surface area contributed by atoms with Gasteiger partial charge < -0.3 is 14.8 Å². The smallest absolute Gasteiger partial charge is 0.345 e. The second kappa shape index (κ2) is 5.69. The first kappa shape index (κ1) is 13.8. The molecule has 0 bridgehead atoms. The van der Waals surface area contributed by atoms with E-state index in [-0.39, 0.29) is 5.75 Å². The van der Waals surface area contributed by atoms with Crippen LogP contribution in [0.4, 0.5) is 0 Å². The van der Waals surface area contributed by atoms with E-state index in [2.05, 4.69) is 15.0 Å². The summed E-state index contributed by atoms with van der Waals surface area (Å²) in [5.74, 6) is 0.369. The van der Waals surface area contributed by atoms with Gasteiger partial charge in [-0.25, -0.2) is 4.79 Å². The predicted molar refractivity (Wildman–Crippen MR) is 81.7 cm³/mol. The Morgan fingerprint density at radius 1 is 1.18 bits per heavy atom. The minimum Gasteiger partial charge on any atom is -0.504 e. The lowest BCUT2D eigenvalue weighted by atomic mass is 10.1. The molecule has 0 atom stereocenters. The average molecular weight is 295 g/mol. The number of aromatic amines is 1. The third-order valence-corrected chi connectivity index (χ3v) is 3.19. The van der Waals surface area contributed by atoms with E-state index in [1.807, 2.05) is 6.07 Å². The summed E-state index contributed by atoms with van der Waals surface area (Å²) in [6.07, 6.45) is 3.30. The molecule has 0 saturated carbocycles. The predicted octanol–water partition coefficient (Wildman–Crippen LogP) is 2.21. The van der Waals surface area contributed by atoms with Crippen LogP contribution in [0.25, 0.3) is 22.5 Å². The van der Waals surface area contributed by atoms with Crippen molar-refractivity contribution in [2.45, 2.75) is 0 Å². The van der Waals surface area contributed by atoms with E-state index in [0.717, 1.165) is 5.56 Å². The molecule has 0 radical (unpaired) electrons. The number of phenols is 1. The maximum absolute atomic E-state index is 11.8. The topological polar surface area (TPSA) is 88.1 Å². The molecule has 1 aromatic carbocycles. The lowest BCUT2D eigenvalue weighted by Gasteiger charge is -2.08. The first-order valence-electron chi connectivity index (χ1n) is 6.56. The van der Waals surface area contributed by atoms with Crippen LogP contribution < -0.4 is 10.4 Å². The number of pyridine rings is 1. The van der Waals surface area contributed by atoms with Gasteiger partial charge in [-0.1, -0.05) is 0 Å². The number of methoxy groups -OCH3 is 1. The second-order valence-corrected chi connectivity index (χ2v) is 4.61. The Morgan fingerprint density at radius 2 is 2.05 bits per heavy atom. The zero-order valence-corrected chi connectivity index (χ0v) is 11.8. The minimum absolute atomic E-state index is 0.0372. The van der Waals surface area contributed by atoms with Gasteiger partial charge in [-0.2, -0.15) is 4.98 Å². The number of benzene rings is 1. The number of H-pyrrole nitrogens is 1. The lowest BCUT2D eigenvalue weighted by Crippen LogP contribution is -2.12. The summed E-state index contributed by atoms with van der Waals surface area (Å²) in [6, 6.07) is 10.2. The van der Waals surface area contributed by atoms with Gasteiger partial charge in [0.1, 0.15) is 0 Å². The van der Waals surface area contributed by atoms with Gasteiger partial charge in [0.05, 0.1) is 18.5 Å². The van der Waals surface area contributed by atoms with Crippen LogP contribution in [-0.2, 0) is 0 Å². The van der Waals surface area contributed by atoms with Crippen LogP contribution in [0.15, 0.2) is 53.6 Å². The van der Waals surface area contributed by atoms with Crippen LogP contribution in [0.5, 0.6) is 11.5 Å². The van der Waals surface area contributed by atoms with Crippen molar-refractivity contribution >= 4 is 0 Å². The van der Waals surface area contributed by atoms with Crippen molar-refractivity contribution < 1.29 is 9.84 Å². The third-order valence-electron chi connectivity index (χ3n) is 3.19. The van der Waals surface area contributed by atoms with E-state index >= 15 is 0 Å². The molecule has 0 aliphatic rings. The van der Waals surface area contributed by atoms with E-state index in [9.17, 15) is 9.90 Å². The van der Waals surface area contributed by atoms with Crippen molar-refractivity contribution in [2.75, 3.05) is 7.11 Å². The molecule has 3 rings (SSSR count). The number of phenolic OH excluding ortho intramolecular Hbond substituents is 1. The highest BCUT2D eigenvalue weighted by Gasteiger charge is 2.08. The summed E-state index contributed by atoms with van der Waals surface area (Å²) >= 11 is 0. The molecule has 3 aromatic rings. The number of nitrogens with zero attached hydrogens (tertiary/aromatic N) is 2. The monoisotopic (exact) mass is 295 g/mol. The molecule has 2 N–H and O–H groups in total. The van der Waals surface area contributed by atoms with Crippen LogP contribution >= 0.6 is 0 Å². The fourth-order valence-corrected chi connectivity index (χ4v) is 2.12. The standard InChI is InChI=1S/C16H13N3O3/c1-22-15-7-10(4-5-14(15)20)12-8-13(19-16(21)18-12)11-3-2-6-17-9-11/h2-9,20H,1H3,(H,18,19,21). The Bertz CT molecular complexity index is 860. The highest BCUT2D eigenvalue weighted by Crippen LogP contribution is 2.31. The molecule has 6 heteroatoms. The Hall–Kier alpha value is -3.15. The number of nitrogens with one attached hydrogen (secondary N) is 1. The van der Waals surface area contributed by atoms with Crippen molar-refractivity contribution in [2.24, 2.45) is 0 Å². The summed E-state index contributed by atoms with van der Waals surface area (Å²) in [6.45, 7) is 0. The normalized spacial score (nSPS) is 10.4. The molecule has 0 fully saturated rings. The van der Waals surface area contributed by atoms with Crippen LogP contribution in [0.2, 0.25) is 0 Å². The van der Waals surface area contributed by atoms with Crippen molar-refractivity contribution in [1.29, 1.82) is 0 Å². The Labute approximate surface area is 126 Å². The van der Waals surface area contributed by atoms with Crippen LogP contribution in [0, 0.1) is 0 Å². The number of rotatable bonds is 3. The first-order chi connectivity index (χ1) is 10.7. The van der Waals surface area contributed by atoms with Crippen molar-refractivity contribution in [3.05, 3.63) is 59.3 Å². The summed E-state index contributed by atoms with van der Waals surface area (Å²) in [4.78, 5) is 22.5. The zero-order valence-electron chi connectivity index (χ0n) is 11.8. The highest BCUT2D eigenvalue weighted by atomic mass is 16.5. The average Bonchev–Trinajstić information content (AvgIpc) is 2.55. The summed E-state index contributed by atoms with van der Waals surface area (Å²) in [7, 11) is 1.47. The Kier molecular flexibility index (Phi) is 3.57. The first-order valence-corrected chi connectivity index (χ1v) is 6.56. The zero-order chi connectivity index (χ0) is 15.5. The van der Waals surface area contributed by atoms with Gasteiger partial charge in [-0.15, -0.1) is 0 Å². The number of hydrogen-bond donors (Lipinski definition) is 2. The summed E-state index contributed by atoms with van der Waals surface area (Å²) < 4.78 is 5.08. The van der Waals surface area contributed by atoms with Gasteiger partial charge in [0, 0.05) is 23.5 Å². The molecule has 0 saturated heterocycles. The molecule has 2 heterocycles. The van der Waals surface area contributed by atoms with Crippen molar-refractivity contribution in [3.63, 3.8) is 0 Å². The lowest BCUT2D eigenvalue weighted by molar-refractivity contribution is 0.373. The quantitative estimate of drug-likeness (QED) is 0.773. The van der Waals surface area contributed by atoms with Gasteiger partial charge in [0.15, 0.2) is 11.5 Å². The number of hydrogen-bond acceptors (Lipinski definition) is 5. The largest absolute Gasteiger partial charge is 0.504 e. The van der Waals surface area contributed by atoms with E-state index in [1.54, 1.807) is 36.7 Å². The van der Waals surface area contributed by atoms with E-state index in [1.165, 1.54) is 13.2 Å². The van der Waals surface area contributed by atoms with Gasteiger partial charge in [-0.3, -0.25) is 4.98 Å². The summed E-state index contributed by atoms with van der Waals surface area (Å²) in [5, 5.41) is 9.65. The summed E-state index contributed by atoms with van der Waals surface area (Å²) in [5.41, 5.74) is 2.11. The molecule has 110 valence electrons. The minimum atomic E-state index is -0.455. The molecule has 0 spiro atoms. The Morgan fingerprint density at radius 3 is 2.77 bits per heavy atom. The number of aromatic nitrogens is 3. The number of aromatic hydroxyl groups is 1. The highest BCUT2D eigenvalue weighted by molar-refractivity contribution is 5.68. The SMILES string of the molecule is COc1cc(-c2cc(-c3cccnc3)nc(=O)[nH]2)ccc1O. The second-order valence-electron chi connectivity index (χ2n) is 4.61. The maximum atomic E-state index is 11.8. The molecule has 6 nitrogen and oxygen atoms in total. The van der Waals surface area contributed by atoms with Gasteiger partial charge in [-0.05, 0) is 36.4 Å². The third kappa shape index (κ3) is 2.67. The van der Waals surface area contributed by atoms with E-state index in [4.69, 9.17) is 4.74 Å². The van der Waals surface area contributed by atoms with E-state index < -0.39 is 5.69 Å². The Balaban J connectivity index is 2.12. The van der Waals surface area contributed by atoms with Crippen molar-refractivity contribution in [3.8, 4) is 34.0 Å². The fourth-order valence-electron chi connectivity index (χ4n) is 2.12. The van der Waals surface area contributed by atoms with Gasteiger partial charge in [0.25, 0.3) is 0 Å². The molecule has 0 aliphatic heterocycles. The fraction of sp³-hybridized carbons (Fsp3) is 0.0625. The molecule has 2 aromatic heterocycles. The van der Waals surface area contributed by atoms with Crippen molar-refractivity contribution in [1.82, 2.24) is 15.0 Å². The number of ether oxygens (including phenoxy) is 1. The molecular formula is C16H13N3O3. The molecule has 0 amide bonds. The maximum Gasteiger partial charge on any atom is 0.345 e. The molecule has 0 aliphatic carbocycles. The molecule has 22 heavy (non-hydrogen) atoms. The van der Waals surface area contributed by atoms with Crippen LogP contribution in [-0.4, -0.2) is 27.2 Å². The van der Waals surface area contributed by atoms with Gasteiger partial charge >= 0.3 is 5.69 Å². The molecular weight excluding hydrogens is 282 g/mol. The van der Waals surface area contributed by atoms with Gasteiger partial charge in [0.2, 0.25) is 0 Å². The van der Waals surface area contributed by atoms with Crippen LogP contribution in [0.3, 0.4) is 0 Å².